The van der Waals surface area contributed by atoms with Crippen LogP contribution < -0.4 is 5.32 Å². The van der Waals surface area contributed by atoms with Crippen LogP contribution in [0.2, 0.25) is 0 Å². The Hall–Kier alpha value is -0.840. The normalized spacial score (nSPS) is 22.3. The molecular weight excluding hydrogens is 227 g/mol. The van der Waals surface area contributed by atoms with Gasteiger partial charge in [0.25, 0.3) is 0 Å². The molecule has 2 aliphatic rings. The van der Waals surface area contributed by atoms with Crippen LogP contribution in [-0.2, 0) is 4.79 Å². The highest BCUT2D eigenvalue weighted by Crippen LogP contribution is 2.28. The lowest BCUT2D eigenvalue weighted by Gasteiger charge is -2.20. The number of hydrogen-bond donors (Lipinski definition) is 1. The maximum Gasteiger partial charge on any atom is 0.230 e. The summed E-state index contributed by atoms with van der Waals surface area (Å²) in [7, 11) is 0. The molecule has 2 aliphatic heterocycles. The molecule has 0 aromatic rings. The molecule has 0 radical (unpaired) electrons. The molecule has 0 atom stereocenters. The Morgan fingerprint density at radius 3 is 3.17 bits per heavy atom. The van der Waals surface area contributed by atoms with Gasteiger partial charge >= 0.3 is 0 Å². The molecule has 5 heteroatoms. The van der Waals surface area contributed by atoms with Crippen LogP contribution in [0.4, 0.5) is 4.39 Å². The third-order valence-electron chi connectivity index (χ3n) is 1.78. The van der Waals surface area contributed by atoms with Crippen molar-refractivity contribution in [1.82, 2.24) is 9.24 Å². The molecule has 12 heavy (non-hydrogen) atoms. The summed E-state index contributed by atoms with van der Waals surface area (Å²) in [6, 6.07) is 0. The predicted molar refractivity (Wildman–Crippen MR) is 44.6 cm³/mol. The molecule has 3 nitrogen and oxygen atoms in total. The molecule has 1 N–H and O–H groups in total. The van der Waals surface area contributed by atoms with Crippen molar-refractivity contribution < 1.29 is 9.18 Å². The lowest BCUT2D eigenvalue weighted by Crippen LogP contribution is -2.26. The summed E-state index contributed by atoms with van der Waals surface area (Å²) >= 11 is 3.14. The van der Waals surface area contributed by atoms with Gasteiger partial charge in [-0.05, 0) is 6.08 Å². The molecule has 0 aromatic carbocycles. The Bertz CT molecular complexity index is 311. The van der Waals surface area contributed by atoms with Crippen molar-refractivity contribution >= 4 is 22.1 Å². The van der Waals surface area contributed by atoms with E-state index in [0.717, 1.165) is 0 Å². The van der Waals surface area contributed by atoms with E-state index in [1.165, 1.54) is 10.0 Å². The van der Waals surface area contributed by atoms with Crippen LogP contribution in [0.1, 0.15) is 6.42 Å². The average molecular weight is 233 g/mol. The van der Waals surface area contributed by atoms with Gasteiger partial charge in [-0.2, -0.15) is 0 Å². The average Bonchev–Trinajstić information content (AvgIpc) is 2.29. The molecule has 0 saturated heterocycles. The zero-order valence-electron chi connectivity index (χ0n) is 6.10. The van der Waals surface area contributed by atoms with Gasteiger partial charge in [0.15, 0.2) is 0 Å². The Morgan fingerprint density at radius 1 is 1.67 bits per heavy atom. The van der Waals surface area contributed by atoms with Gasteiger partial charge in [0, 0.05) is 5.57 Å². The lowest BCUT2D eigenvalue weighted by atomic mass is 10.1. The van der Waals surface area contributed by atoms with E-state index in [1.807, 2.05) is 0 Å². The minimum Gasteiger partial charge on any atom is -0.311 e. The van der Waals surface area contributed by atoms with Gasteiger partial charge in [-0.15, -0.1) is 0 Å². The molecule has 0 unspecified atom stereocenters. The van der Waals surface area contributed by atoms with Crippen molar-refractivity contribution in [3.8, 4) is 0 Å². The van der Waals surface area contributed by atoms with E-state index in [4.69, 9.17) is 0 Å². The topological polar surface area (TPSA) is 32.3 Å². The van der Waals surface area contributed by atoms with E-state index in [9.17, 15) is 9.18 Å². The number of carbonyl (C=O) groups excluding carboxylic acids is 1. The second-order valence-corrected chi connectivity index (χ2v) is 3.57. The molecule has 0 aliphatic carbocycles. The Kier molecular flexibility index (Phi) is 1.68. The number of nitrogens with zero attached hydrogens (tertiary/aromatic N) is 1. The summed E-state index contributed by atoms with van der Waals surface area (Å²) in [6.45, 7) is 0.166. The van der Waals surface area contributed by atoms with Crippen molar-refractivity contribution in [3.63, 3.8) is 0 Å². The van der Waals surface area contributed by atoms with E-state index in [2.05, 4.69) is 21.5 Å². The zero-order valence-corrected chi connectivity index (χ0v) is 7.69. The van der Waals surface area contributed by atoms with Crippen molar-refractivity contribution in [2.24, 2.45) is 0 Å². The largest absolute Gasteiger partial charge is 0.311 e. The third-order valence-corrected chi connectivity index (χ3v) is 2.38. The smallest absolute Gasteiger partial charge is 0.230 e. The number of nitrogens with one attached hydrogen (secondary N) is 1. The molecule has 0 saturated carbocycles. The van der Waals surface area contributed by atoms with Crippen molar-refractivity contribution in [3.05, 3.63) is 23.3 Å². The lowest BCUT2D eigenvalue weighted by molar-refractivity contribution is -0.119. The maximum atomic E-state index is 12.8. The first kappa shape index (κ1) is 7.79. The Balaban J connectivity index is 2.35. The van der Waals surface area contributed by atoms with Crippen molar-refractivity contribution in [1.29, 1.82) is 0 Å². The SMILES string of the molecule is O=C1CC2=C(N1)N(Br)CC(F)=C2. The van der Waals surface area contributed by atoms with Gasteiger partial charge in [-0.25, -0.2) is 4.39 Å². The quantitative estimate of drug-likeness (QED) is 0.637. The first-order valence-corrected chi connectivity index (χ1v) is 4.20. The van der Waals surface area contributed by atoms with Crippen LogP contribution >= 0.6 is 16.1 Å². The van der Waals surface area contributed by atoms with Gasteiger partial charge in [-0.1, -0.05) is 0 Å². The molecule has 1 amide bonds. The summed E-state index contributed by atoms with van der Waals surface area (Å²) in [5, 5.41) is 2.63. The minimum absolute atomic E-state index is 0.0876. The van der Waals surface area contributed by atoms with E-state index in [0.29, 0.717) is 11.4 Å². The fourth-order valence-electron chi connectivity index (χ4n) is 1.30. The second kappa shape index (κ2) is 2.58. The van der Waals surface area contributed by atoms with E-state index in [-0.39, 0.29) is 24.7 Å². The van der Waals surface area contributed by atoms with Crippen LogP contribution in [0, 0.1) is 0 Å². The highest BCUT2D eigenvalue weighted by atomic mass is 79.9. The van der Waals surface area contributed by atoms with Gasteiger partial charge in [0.1, 0.15) is 11.6 Å². The number of amides is 1. The minimum atomic E-state index is -0.234. The van der Waals surface area contributed by atoms with E-state index in [1.54, 1.807) is 0 Å². The number of hydrogen-bond acceptors (Lipinski definition) is 2. The monoisotopic (exact) mass is 232 g/mol. The first-order valence-electron chi connectivity index (χ1n) is 3.49. The summed E-state index contributed by atoms with van der Waals surface area (Å²) in [5.74, 6) is 0.346. The molecule has 0 spiro atoms. The highest BCUT2D eigenvalue weighted by Gasteiger charge is 2.27. The van der Waals surface area contributed by atoms with Crippen LogP contribution in [-0.4, -0.2) is 16.4 Å². The van der Waals surface area contributed by atoms with Crippen LogP contribution in [0.25, 0.3) is 0 Å². The van der Waals surface area contributed by atoms with Crippen LogP contribution in [0.5, 0.6) is 0 Å². The number of allylic oxidation sites excluding steroid dienone is 1. The number of halogens is 2. The van der Waals surface area contributed by atoms with Gasteiger partial charge in [-0.3, -0.25) is 8.72 Å². The van der Waals surface area contributed by atoms with E-state index < -0.39 is 0 Å². The molecule has 2 heterocycles. The fourth-order valence-corrected chi connectivity index (χ4v) is 1.85. The second-order valence-electron chi connectivity index (χ2n) is 2.71. The molecule has 0 fully saturated rings. The van der Waals surface area contributed by atoms with Gasteiger partial charge < -0.3 is 5.32 Å². The predicted octanol–water partition coefficient (Wildman–Crippen LogP) is 1.20. The summed E-state index contributed by atoms with van der Waals surface area (Å²) < 4.78 is 14.3. The summed E-state index contributed by atoms with van der Waals surface area (Å²) in [5.41, 5.74) is 0.709. The summed E-state index contributed by atoms with van der Waals surface area (Å²) in [4.78, 5) is 10.9. The maximum absolute atomic E-state index is 12.8. The van der Waals surface area contributed by atoms with E-state index >= 15 is 0 Å². The fraction of sp³-hybridized carbons (Fsp3) is 0.286. The Labute approximate surface area is 77.3 Å². The van der Waals surface area contributed by atoms with Crippen LogP contribution in [0.3, 0.4) is 0 Å². The molecule has 2 rings (SSSR count). The highest BCUT2D eigenvalue weighted by molar-refractivity contribution is 9.07. The molecule has 0 bridgehead atoms. The molecule has 64 valence electrons. The number of carbonyl (C=O) groups is 1. The van der Waals surface area contributed by atoms with Crippen LogP contribution in [0.15, 0.2) is 23.3 Å². The third kappa shape index (κ3) is 1.14. The summed E-state index contributed by atoms with van der Waals surface area (Å²) in [6.07, 6.45) is 1.68. The van der Waals surface area contributed by atoms with Crippen molar-refractivity contribution in [2.45, 2.75) is 6.42 Å². The Morgan fingerprint density at radius 2 is 2.42 bits per heavy atom. The molecular formula is C7H6BrFN2O. The first-order chi connectivity index (χ1) is 5.66. The molecule has 0 aromatic heterocycles. The standard InChI is InChI=1S/C7H6BrFN2O/c8-11-3-5(9)1-4-2-6(12)10-7(4)11/h1H,2-3H2,(H,10,12). The zero-order chi connectivity index (χ0) is 8.72. The van der Waals surface area contributed by atoms with Crippen molar-refractivity contribution in [2.75, 3.05) is 6.54 Å². The number of rotatable bonds is 0. The van der Waals surface area contributed by atoms with Gasteiger partial charge in [0.05, 0.1) is 29.1 Å². The van der Waals surface area contributed by atoms with Gasteiger partial charge in [0.2, 0.25) is 5.91 Å².